The Balaban J connectivity index is 1.97. The average molecular weight is 315 g/mol. The number of halogens is 2. The van der Waals surface area contributed by atoms with Crippen LogP contribution in [-0.2, 0) is 0 Å². The highest BCUT2D eigenvalue weighted by atomic mass is 19.1. The third-order valence-corrected chi connectivity index (χ3v) is 3.20. The molecule has 0 saturated carbocycles. The summed E-state index contributed by atoms with van der Waals surface area (Å²) in [6.45, 7) is 1.56. The minimum atomic E-state index is -0.739. The summed E-state index contributed by atoms with van der Waals surface area (Å²) >= 11 is 0. The number of benzene rings is 1. The zero-order valence-corrected chi connectivity index (χ0v) is 12.0. The molecule has 0 saturated heterocycles. The number of carbonyl (C=O) groups is 1. The van der Waals surface area contributed by atoms with E-state index in [1.165, 1.54) is 6.20 Å². The molecule has 0 radical (unpaired) electrons. The zero-order valence-electron chi connectivity index (χ0n) is 12.0. The highest BCUT2D eigenvalue weighted by Gasteiger charge is 2.22. The lowest BCUT2D eigenvalue weighted by Gasteiger charge is -2.07. The Kier molecular flexibility index (Phi) is 3.84. The van der Waals surface area contributed by atoms with E-state index in [0.717, 1.165) is 18.2 Å². The highest BCUT2D eigenvalue weighted by molar-refractivity contribution is 6.08. The smallest absolute Gasteiger partial charge is 0.261 e. The number of amides is 1. The second kappa shape index (κ2) is 5.96. The molecular weight excluding hydrogens is 304 g/mol. The fourth-order valence-electron chi connectivity index (χ4n) is 2.12. The van der Waals surface area contributed by atoms with E-state index in [1.807, 2.05) is 0 Å². The maximum atomic E-state index is 13.7. The van der Waals surface area contributed by atoms with Crippen molar-refractivity contribution < 1.29 is 18.1 Å². The number of aryl methyl sites for hydroxylation is 1. The van der Waals surface area contributed by atoms with Gasteiger partial charge in [0.1, 0.15) is 28.7 Å². The predicted molar refractivity (Wildman–Crippen MR) is 78.8 cm³/mol. The Labute approximate surface area is 130 Å². The summed E-state index contributed by atoms with van der Waals surface area (Å²) in [5.74, 6) is -1.78. The summed E-state index contributed by atoms with van der Waals surface area (Å²) in [5, 5.41) is 6.18. The number of pyridine rings is 1. The minimum absolute atomic E-state index is 0.140. The van der Waals surface area contributed by atoms with E-state index in [1.54, 1.807) is 25.3 Å². The molecule has 0 aliphatic heterocycles. The van der Waals surface area contributed by atoms with Crippen LogP contribution in [0.4, 0.5) is 14.5 Å². The van der Waals surface area contributed by atoms with E-state index in [9.17, 15) is 13.6 Å². The molecule has 3 rings (SSSR count). The molecule has 23 heavy (non-hydrogen) atoms. The van der Waals surface area contributed by atoms with E-state index < -0.39 is 17.5 Å². The van der Waals surface area contributed by atoms with Gasteiger partial charge in [0.2, 0.25) is 0 Å². The second-order valence-electron chi connectivity index (χ2n) is 4.78. The first-order valence-electron chi connectivity index (χ1n) is 6.69. The lowest BCUT2D eigenvalue weighted by atomic mass is 10.1. The maximum Gasteiger partial charge on any atom is 0.261 e. The molecule has 0 unspecified atom stereocenters. The summed E-state index contributed by atoms with van der Waals surface area (Å²) in [7, 11) is 0. The second-order valence-corrected chi connectivity index (χ2v) is 4.78. The number of anilines is 1. The van der Waals surface area contributed by atoms with Crippen LogP contribution in [-0.4, -0.2) is 16.0 Å². The third kappa shape index (κ3) is 2.94. The monoisotopic (exact) mass is 315 g/mol. The van der Waals surface area contributed by atoms with Crippen LogP contribution < -0.4 is 5.32 Å². The first-order chi connectivity index (χ1) is 11.1. The van der Waals surface area contributed by atoms with Crippen LogP contribution in [0, 0.1) is 18.6 Å². The van der Waals surface area contributed by atoms with E-state index in [4.69, 9.17) is 4.52 Å². The van der Waals surface area contributed by atoms with Crippen molar-refractivity contribution in [3.8, 4) is 11.3 Å². The van der Waals surface area contributed by atoms with Gasteiger partial charge in [0, 0.05) is 24.0 Å². The number of nitrogens with zero attached hydrogens (tertiary/aromatic N) is 2. The summed E-state index contributed by atoms with van der Waals surface area (Å²) in [5.41, 5.74) is 0.744. The average Bonchev–Trinajstić information content (AvgIpc) is 2.93. The van der Waals surface area contributed by atoms with E-state index in [2.05, 4.69) is 15.5 Å². The largest absolute Gasteiger partial charge is 0.360 e. The van der Waals surface area contributed by atoms with Gasteiger partial charge >= 0.3 is 0 Å². The zero-order chi connectivity index (χ0) is 16.4. The Morgan fingerprint density at radius 3 is 2.83 bits per heavy atom. The summed E-state index contributed by atoms with van der Waals surface area (Å²) in [6, 6.07) is 6.21. The summed E-state index contributed by atoms with van der Waals surface area (Å²) < 4.78 is 31.9. The van der Waals surface area contributed by atoms with E-state index in [-0.39, 0.29) is 22.7 Å². The Morgan fingerprint density at radius 1 is 1.26 bits per heavy atom. The van der Waals surface area contributed by atoms with Crippen molar-refractivity contribution in [3.05, 3.63) is 65.7 Å². The minimum Gasteiger partial charge on any atom is -0.360 e. The molecule has 3 aromatic rings. The summed E-state index contributed by atoms with van der Waals surface area (Å²) in [4.78, 5) is 16.4. The van der Waals surface area contributed by atoms with Gasteiger partial charge in [-0.05, 0) is 31.2 Å². The lowest BCUT2D eigenvalue weighted by molar-refractivity contribution is 0.102. The molecule has 0 fully saturated rings. The quantitative estimate of drug-likeness (QED) is 0.802. The van der Waals surface area contributed by atoms with Crippen molar-refractivity contribution in [2.24, 2.45) is 0 Å². The molecule has 7 heteroatoms. The molecule has 1 N–H and O–H groups in total. The van der Waals surface area contributed by atoms with Crippen molar-refractivity contribution in [2.75, 3.05) is 5.32 Å². The fourth-order valence-corrected chi connectivity index (χ4v) is 2.12. The molecule has 5 nitrogen and oxygen atoms in total. The van der Waals surface area contributed by atoms with Gasteiger partial charge in [-0.2, -0.15) is 0 Å². The number of aromatic nitrogens is 2. The SMILES string of the molecule is Cc1onc(-c2cccnc2)c1C(=O)Nc1cc(F)ccc1F. The number of rotatable bonds is 3. The molecule has 2 aromatic heterocycles. The number of hydrogen-bond acceptors (Lipinski definition) is 4. The molecule has 1 amide bonds. The van der Waals surface area contributed by atoms with E-state index >= 15 is 0 Å². The van der Waals surface area contributed by atoms with Gasteiger partial charge in [-0.1, -0.05) is 5.16 Å². The van der Waals surface area contributed by atoms with Gasteiger partial charge in [-0.3, -0.25) is 9.78 Å². The van der Waals surface area contributed by atoms with Crippen molar-refractivity contribution >= 4 is 11.6 Å². The number of nitrogens with one attached hydrogen (secondary N) is 1. The first-order valence-corrected chi connectivity index (χ1v) is 6.69. The Morgan fingerprint density at radius 2 is 2.09 bits per heavy atom. The molecular formula is C16H11F2N3O2. The standard InChI is InChI=1S/C16H11F2N3O2/c1-9-14(15(21-23-9)10-3-2-6-19-8-10)16(22)20-13-7-11(17)4-5-12(13)18/h2-8H,1H3,(H,20,22). The summed E-state index contributed by atoms with van der Waals surface area (Å²) in [6.07, 6.45) is 3.11. The van der Waals surface area contributed by atoms with Crippen LogP contribution in [0.15, 0.2) is 47.2 Å². The molecule has 2 heterocycles. The van der Waals surface area contributed by atoms with E-state index in [0.29, 0.717) is 5.56 Å². The molecule has 1 aromatic carbocycles. The van der Waals surface area contributed by atoms with Crippen LogP contribution in [0.1, 0.15) is 16.1 Å². The number of hydrogen-bond donors (Lipinski definition) is 1. The van der Waals surface area contributed by atoms with Crippen LogP contribution in [0.3, 0.4) is 0 Å². The van der Waals surface area contributed by atoms with Gasteiger partial charge in [-0.15, -0.1) is 0 Å². The van der Waals surface area contributed by atoms with Gasteiger partial charge in [0.05, 0.1) is 5.69 Å². The third-order valence-electron chi connectivity index (χ3n) is 3.20. The van der Waals surface area contributed by atoms with Gasteiger partial charge in [0.15, 0.2) is 0 Å². The molecule has 0 aliphatic rings. The molecule has 116 valence electrons. The normalized spacial score (nSPS) is 10.6. The molecule has 0 aliphatic carbocycles. The highest BCUT2D eigenvalue weighted by Crippen LogP contribution is 2.26. The molecule has 0 bridgehead atoms. The van der Waals surface area contributed by atoms with Crippen molar-refractivity contribution in [1.29, 1.82) is 0 Å². The Hall–Kier alpha value is -3.09. The fraction of sp³-hybridized carbons (Fsp3) is 0.0625. The van der Waals surface area contributed by atoms with Crippen molar-refractivity contribution in [2.45, 2.75) is 6.92 Å². The predicted octanol–water partition coefficient (Wildman–Crippen LogP) is 3.58. The first kappa shape index (κ1) is 14.8. The van der Waals surface area contributed by atoms with Crippen LogP contribution in [0.2, 0.25) is 0 Å². The van der Waals surface area contributed by atoms with Crippen molar-refractivity contribution in [1.82, 2.24) is 10.1 Å². The maximum absolute atomic E-state index is 13.7. The molecule has 0 spiro atoms. The number of carbonyl (C=O) groups excluding carboxylic acids is 1. The van der Waals surface area contributed by atoms with Crippen LogP contribution in [0.25, 0.3) is 11.3 Å². The topological polar surface area (TPSA) is 68.0 Å². The van der Waals surface area contributed by atoms with Crippen LogP contribution >= 0.6 is 0 Å². The Bertz CT molecular complexity index is 863. The lowest BCUT2D eigenvalue weighted by Crippen LogP contribution is -2.14. The van der Waals surface area contributed by atoms with Crippen LogP contribution in [0.5, 0.6) is 0 Å². The van der Waals surface area contributed by atoms with Crippen molar-refractivity contribution in [3.63, 3.8) is 0 Å². The van der Waals surface area contributed by atoms with Gasteiger partial charge < -0.3 is 9.84 Å². The van der Waals surface area contributed by atoms with Gasteiger partial charge in [0.25, 0.3) is 5.91 Å². The molecule has 0 atom stereocenters. The van der Waals surface area contributed by atoms with Gasteiger partial charge in [-0.25, -0.2) is 8.78 Å².